The molecule has 2 aromatic heterocycles. The molecule has 0 bridgehead atoms. The minimum absolute atomic E-state index is 0.183. The van der Waals surface area contributed by atoms with Crippen molar-refractivity contribution < 1.29 is 14.1 Å². The van der Waals surface area contributed by atoms with E-state index in [1.165, 1.54) is 16.2 Å². The first-order valence-corrected chi connectivity index (χ1v) is 8.02. The van der Waals surface area contributed by atoms with Gasteiger partial charge in [0.25, 0.3) is 5.91 Å². The van der Waals surface area contributed by atoms with Gasteiger partial charge in [-0.25, -0.2) is 4.79 Å². The molecule has 1 atom stereocenters. The molecule has 0 aliphatic carbocycles. The van der Waals surface area contributed by atoms with Gasteiger partial charge in [0.15, 0.2) is 0 Å². The van der Waals surface area contributed by atoms with E-state index in [1.807, 2.05) is 23.8 Å². The van der Waals surface area contributed by atoms with Gasteiger partial charge in [0.1, 0.15) is 11.3 Å². The van der Waals surface area contributed by atoms with Gasteiger partial charge >= 0.3 is 6.03 Å². The third-order valence-electron chi connectivity index (χ3n) is 4.09. The van der Waals surface area contributed by atoms with E-state index in [1.54, 1.807) is 13.8 Å². The molecule has 1 N–H and O–H groups in total. The molecule has 0 aromatic carbocycles. The zero-order valence-corrected chi connectivity index (χ0v) is 13.5. The van der Waals surface area contributed by atoms with Gasteiger partial charge in [0, 0.05) is 5.56 Å². The van der Waals surface area contributed by atoms with Crippen LogP contribution >= 0.6 is 11.3 Å². The summed E-state index contributed by atoms with van der Waals surface area (Å²) in [6, 6.07) is 1.47. The van der Waals surface area contributed by atoms with Crippen LogP contribution < -0.4 is 5.32 Å². The maximum atomic E-state index is 12.8. The third kappa shape index (κ3) is 2.12. The Morgan fingerprint density at radius 3 is 2.86 bits per heavy atom. The van der Waals surface area contributed by atoms with Crippen molar-refractivity contribution in [2.45, 2.75) is 39.3 Å². The molecule has 1 fully saturated rings. The van der Waals surface area contributed by atoms with Gasteiger partial charge in [-0.05, 0) is 42.7 Å². The maximum absolute atomic E-state index is 12.8. The van der Waals surface area contributed by atoms with Gasteiger partial charge in [0.05, 0.1) is 12.2 Å². The summed E-state index contributed by atoms with van der Waals surface area (Å²) in [4.78, 5) is 26.3. The number of nitrogens with zero attached hydrogens (tertiary/aromatic N) is 2. The zero-order chi connectivity index (χ0) is 15.9. The highest BCUT2D eigenvalue weighted by atomic mass is 32.1. The molecular formula is C15H17N3O3S. The lowest BCUT2D eigenvalue weighted by atomic mass is 9.95. The van der Waals surface area contributed by atoms with Crippen LogP contribution in [0.4, 0.5) is 4.79 Å². The van der Waals surface area contributed by atoms with Crippen molar-refractivity contribution in [1.82, 2.24) is 15.4 Å². The number of carbonyl (C=O) groups is 2. The Morgan fingerprint density at radius 2 is 2.23 bits per heavy atom. The number of rotatable bonds is 4. The summed E-state index contributed by atoms with van der Waals surface area (Å²) in [5.74, 6) is 0.389. The first-order valence-electron chi connectivity index (χ1n) is 7.08. The molecule has 116 valence electrons. The molecule has 3 heterocycles. The molecule has 6 nitrogen and oxygen atoms in total. The molecule has 1 aliphatic rings. The summed E-state index contributed by atoms with van der Waals surface area (Å²) in [5.41, 5.74) is 1.38. The summed E-state index contributed by atoms with van der Waals surface area (Å²) >= 11 is 1.50. The van der Waals surface area contributed by atoms with Gasteiger partial charge in [-0.15, -0.1) is 0 Å². The molecule has 0 spiro atoms. The monoisotopic (exact) mass is 319 g/mol. The van der Waals surface area contributed by atoms with Gasteiger partial charge in [-0.1, -0.05) is 12.1 Å². The van der Waals surface area contributed by atoms with E-state index in [9.17, 15) is 9.59 Å². The van der Waals surface area contributed by atoms with Crippen LogP contribution in [-0.4, -0.2) is 22.0 Å². The fraction of sp³-hybridized carbons (Fsp3) is 0.400. The number of aromatic nitrogens is 1. The number of carbonyl (C=O) groups excluding carboxylic acids is 2. The number of amides is 3. The van der Waals surface area contributed by atoms with E-state index >= 15 is 0 Å². The first kappa shape index (κ1) is 14.8. The number of thiophene rings is 1. The van der Waals surface area contributed by atoms with E-state index in [4.69, 9.17) is 4.52 Å². The van der Waals surface area contributed by atoms with Crippen molar-refractivity contribution >= 4 is 23.3 Å². The second-order valence-electron chi connectivity index (χ2n) is 5.48. The lowest BCUT2D eigenvalue weighted by Crippen LogP contribution is -2.40. The van der Waals surface area contributed by atoms with Crippen LogP contribution in [0, 0.1) is 6.92 Å². The molecule has 3 rings (SSSR count). The highest BCUT2D eigenvalue weighted by Gasteiger charge is 2.49. The smallest absolute Gasteiger partial charge is 0.325 e. The molecule has 0 saturated carbocycles. The van der Waals surface area contributed by atoms with Crippen LogP contribution in [0.25, 0.3) is 0 Å². The van der Waals surface area contributed by atoms with E-state index in [2.05, 4.69) is 10.5 Å². The number of hydrogen-bond donors (Lipinski definition) is 1. The fourth-order valence-electron chi connectivity index (χ4n) is 2.66. The third-order valence-corrected chi connectivity index (χ3v) is 4.77. The van der Waals surface area contributed by atoms with Crippen molar-refractivity contribution in [2.24, 2.45) is 0 Å². The van der Waals surface area contributed by atoms with Crippen molar-refractivity contribution in [3.63, 3.8) is 0 Å². The van der Waals surface area contributed by atoms with Crippen LogP contribution in [0.5, 0.6) is 0 Å². The summed E-state index contributed by atoms with van der Waals surface area (Å²) in [5, 5.41) is 10.5. The molecule has 1 unspecified atom stereocenters. The standard InChI is InChI=1S/C15H17N3O3S/c1-4-12-11(9(2)21-17-12)7-18-13(19)15(3,16-14(18)20)10-5-6-22-8-10/h5-6,8H,4,7H2,1-3H3,(H,16,20). The second kappa shape index (κ2) is 5.24. The number of urea groups is 1. The van der Waals surface area contributed by atoms with Crippen molar-refractivity contribution in [2.75, 3.05) is 0 Å². The highest BCUT2D eigenvalue weighted by molar-refractivity contribution is 7.08. The Labute approximate surface area is 132 Å². The van der Waals surface area contributed by atoms with E-state index < -0.39 is 5.54 Å². The summed E-state index contributed by atoms with van der Waals surface area (Å²) < 4.78 is 5.17. The van der Waals surface area contributed by atoms with Crippen LogP contribution in [0.1, 0.15) is 36.4 Å². The maximum Gasteiger partial charge on any atom is 0.325 e. The molecule has 1 saturated heterocycles. The topological polar surface area (TPSA) is 75.4 Å². The lowest BCUT2D eigenvalue weighted by molar-refractivity contribution is -0.131. The Bertz CT molecular complexity index is 722. The highest BCUT2D eigenvalue weighted by Crippen LogP contribution is 2.31. The molecule has 7 heteroatoms. The average Bonchev–Trinajstić information content (AvgIpc) is 3.17. The van der Waals surface area contributed by atoms with Gasteiger partial charge in [-0.2, -0.15) is 11.3 Å². The Hall–Kier alpha value is -2.15. The normalized spacial score (nSPS) is 21.5. The van der Waals surface area contributed by atoms with Crippen LogP contribution in [0.15, 0.2) is 21.3 Å². The largest absolute Gasteiger partial charge is 0.361 e. The minimum Gasteiger partial charge on any atom is -0.361 e. The van der Waals surface area contributed by atoms with Gasteiger partial charge in [-0.3, -0.25) is 9.69 Å². The number of hydrogen-bond acceptors (Lipinski definition) is 5. The van der Waals surface area contributed by atoms with Gasteiger partial charge < -0.3 is 9.84 Å². The Kier molecular flexibility index (Phi) is 3.52. The molecule has 2 aromatic rings. The summed E-state index contributed by atoms with van der Waals surface area (Å²) in [7, 11) is 0. The lowest BCUT2D eigenvalue weighted by Gasteiger charge is -2.20. The second-order valence-corrected chi connectivity index (χ2v) is 6.26. The molecular weight excluding hydrogens is 302 g/mol. The molecule has 0 radical (unpaired) electrons. The number of aryl methyl sites for hydroxylation is 2. The summed E-state index contributed by atoms with van der Waals surface area (Å²) in [6.45, 7) is 5.67. The minimum atomic E-state index is -1.01. The number of nitrogens with one attached hydrogen (secondary N) is 1. The van der Waals surface area contributed by atoms with Crippen LogP contribution in [0.2, 0.25) is 0 Å². The number of imide groups is 1. The van der Waals surface area contributed by atoms with E-state index in [0.29, 0.717) is 12.2 Å². The Balaban J connectivity index is 1.91. The van der Waals surface area contributed by atoms with Crippen LogP contribution in [-0.2, 0) is 23.3 Å². The van der Waals surface area contributed by atoms with Crippen molar-refractivity contribution in [3.8, 4) is 0 Å². The average molecular weight is 319 g/mol. The predicted octanol–water partition coefficient (Wildman–Crippen LogP) is 2.57. The van der Waals surface area contributed by atoms with Gasteiger partial charge in [0.2, 0.25) is 0 Å². The Morgan fingerprint density at radius 1 is 1.45 bits per heavy atom. The predicted molar refractivity (Wildman–Crippen MR) is 81.4 cm³/mol. The summed E-state index contributed by atoms with van der Waals surface area (Å²) in [6.07, 6.45) is 0.693. The first-order chi connectivity index (χ1) is 10.5. The quantitative estimate of drug-likeness (QED) is 0.879. The van der Waals surface area contributed by atoms with Crippen LogP contribution in [0.3, 0.4) is 0 Å². The van der Waals surface area contributed by atoms with E-state index in [0.717, 1.165) is 16.8 Å². The molecule has 1 aliphatic heterocycles. The van der Waals surface area contributed by atoms with E-state index in [-0.39, 0.29) is 18.5 Å². The van der Waals surface area contributed by atoms with Crippen molar-refractivity contribution in [1.29, 1.82) is 0 Å². The zero-order valence-electron chi connectivity index (χ0n) is 12.7. The SMILES string of the molecule is CCc1noc(C)c1CN1C(=O)NC(C)(c2ccsc2)C1=O. The molecule has 22 heavy (non-hydrogen) atoms. The van der Waals surface area contributed by atoms with Crippen molar-refractivity contribution in [3.05, 3.63) is 39.4 Å². The molecule has 3 amide bonds. The fourth-order valence-corrected chi connectivity index (χ4v) is 3.43.